The number of thioether (sulfide) groups is 1. The monoisotopic (exact) mass is 251 g/mol. The van der Waals surface area contributed by atoms with E-state index in [4.69, 9.17) is 5.73 Å². The second kappa shape index (κ2) is 5.27. The lowest BCUT2D eigenvalue weighted by molar-refractivity contribution is 0.625. The van der Waals surface area contributed by atoms with Crippen LogP contribution in [0.2, 0.25) is 0 Å². The van der Waals surface area contributed by atoms with E-state index in [1.807, 2.05) is 19.2 Å². The lowest BCUT2D eigenvalue weighted by Gasteiger charge is -2.39. The largest absolute Gasteiger partial charge is 0.366 e. The number of rotatable bonds is 2. The molecule has 0 spiro atoms. The predicted octanol–water partition coefficient (Wildman–Crippen LogP) is 2.43. The summed E-state index contributed by atoms with van der Waals surface area (Å²) in [4.78, 5) is 6.88. The van der Waals surface area contributed by atoms with Crippen molar-refractivity contribution in [3.8, 4) is 0 Å². The molecule has 2 N–H and O–H groups in total. The molecule has 2 unspecified atom stereocenters. The maximum absolute atomic E-state index is 5.81. The molecule has 3 nitrogen and oxygen atoms in total. The average Bonchev–Trinajstić information content (AvgIpc) is 2.33. The summed E-state index contributed by atoms with van der Waals surface area (Å²) >= 11 is 2.05. The number of hydrogen-bond acceptors (Lipinski definition) is 4. The third-order valence-corrected chi connectivity index (χ3v) is 4.79. The first-order chi connectivity index (χ1) is 8.09. The summed E-state index contributed by atoms with van der Waals surface area (Å²) in [5.74, 6) is 1.19. The van der Waals surface area contributed by atoms with E-state index in [9.17, 15) is 0 Å². The van der Waals surface area contributed by atoms with E-state index in [0.29, 0.717) is 11.3 Å². The number of anilines is 1. The summed E-state index contributed by atoms with van der Waals surface area (Å²) in [5.41, 5.74) is 7.99. The zero-order valence-electron chi connectivity index (χ0n) is 10.8. The number of nitrogens with two attached hydrogens (primary N) is 1. The van der Waals surface area contributed by atoms with Crippen LogP contribution in [0.25, 0.3) is 0 Å². The molecule has 17 heavy (non-hydrogen) atoms. The summed E-state index contributed by atoms with van der Waals surface area (Å²) < 4.78 is 0. The number of nitrogens with zero attached hydrogens (tertiary/aromatic N) is 2. The van der Waals surface area contributed by atoms with Crippen LogP contribution in [0.3, 0.4) is 0 Å². The van der Waals surface area contributed by atoms with Crippen LogP contribution in [0.4, 0.5) is 5.69 Å². The first kappa shape index (κ1) is 12.7. The topological polar surface area (TPSA) is 42.1 Å². The van der Waals surface area contributed by atoms with Crippen LogP contribution in [-0.2, 0) is 0 Å². The quantitative estimate of drug-likeness (QED) is 0.876. The molecule has 0 aliphatic carbocycles. The lowest BCUT2D eigenvalue weighted by atomic mass is 10.1. The molecule has 2 rings (SSSR count). The summed E-state index contributed by atoms with van der Waals surface area (Å²) in [6.07, 6.45) is 1.96. The van der Waals surface area contributed by atoms with E-state index < -0.39 is 0 Å². The first-order valence-corrected chi connectivity index (χ1v) is 7.24. The van der Waals surface area contributed by atoms with Gasteiger partial charge in [-0.1, -0.05) is 6.92 Å². The highest BCUT2D eigenvalue weighted by Gasteiger charge is 2.25. The molecule has 1 aliphatic heterocycles. The van der Waals surface area contributed by atoms with Crippen molar-refractivity contribution in [2.45, 2.75) is 38.1 Å². The molecule has 0 amide bonds. The zero-order valence-corrected chi connectivity index (χ0v) is 11.6. The van der Waals surface area contributed by atoms with Gasteiger partial charge in [-0.15, -0.1) is 0 Å². The maximum Gasteiger partial charge on any atom is 0.0569 e. The number of hydrogen-bond donors (Lipinski definition) is 1. The van der Waals surface area contributed by atoms with Crippen LogP contribution < -0.4 is 10.6 Å². The lowest BCUT2D eigenvalue weighted by Crippen LogP contribution is -2.44. The second-order valence-corrected chi connectivity index (χ2v) is 6.22. The van der Waals surface area contributed by atoms with Gasteiger partial charge in [0, 0.05) is 29.6 Å². The van der Waals surface area contributed by atoms with E-state index >= 15 is 0 Å². The molecule has 1 saturated heterocycles. The third kappa shape index (κ3) is 2.75. The van der Waals surface area contributed by atoms with Crippen LogP contribution in [0.1, 0.15) is 32.5 Å². The minimum Gasteiger partial charge on any atom is -0.366 e. The smallest absolute Gasteiger partial charge is 0.0569 e. The van der Waals surface area contributed by atoms with Crippen molar-refractivity contribution in [3.63, 3.8) is 0 Å². The predicted molar refractivity (Wildman–Crippen MR) is 75.6 cm³/mol. The first-order valence-electron chi connectivity index (χ1n) is 6.19. The van der Waals surface area contributed by atoms with Gasteiger partial charge in [0.2, 0.25) is 0 Å². The minimum absolute atomic E-state index is 0.0114. The molecular formula is C13H21N3S. The highest BCUT2D eigenvalue weighted by atomic mass is 32.2. The summed E-state index contributed by atoms with van der Waals surface area (Å²) in [5, 5.41) is 0.678. The normalized spacial score (nSPS) is 26.9. The fourth-order valence-electron chi connectivity index (χ4n) is 2.13. The van der Waals surface area contributed by atoms with Gasteiger partial charge in [0.25, 0.3) is 0 Å². The summed E-state index contributed by atoms with van der Waals surface area (Å²) in [6, 6.07) is 4.76. The van der Waals surface area contributed by atoms with Crippen molar-refractivity contribution < 1.29 is 0 Å². The molecule has 4 heteroatoms. The van der Waals surface area contributed by atoms with Gasteiger partial charge >= 0.3 is 0 Å². The van der Waals surface area contributed by atoms with Crippen LogP contribution in [0, 0.1) is 0 Å². The van der Waals surface area contributed by atoms with Crippen molar-refractivity contribution in [1.29, 1.82) is 0 Å². The molecule has 0 saturated carbocycles. The fourth-order valence-corrected chi connectivity index (χ4v) is 3.23. The molecule has 1 aliphatic rings. The van der Waals surface area contributed by atoms with Crippen LogP contribution in [0.5, 0.6) is 0 Å². The SMILES string of the molecule is CC1SCCN(c2ccc([C@@H](C)N)nc2)C1C. The Kier molecular flexibility index (Phi) is 3.94. The van der Waals surface area contributed by atoms with Crippen molar-refractivity contribution >= 4 is 17.4 Å². The van der Waals surface area contributed by atoms with Crippen LogP contribution in [-0.4, -0.2) is 28.6 Å². The fraction of sp³-hybridized carbons (Fsp3) is 0.615. The van der Waals surface area contributed by atoms with Gasteiger partial charge in [-0.05, 0) is 26.0 Å². The van der Waals surface area contributed by atoms with E-state index in [0.717, 1.165) is 12.2 Å². The molecule has 1 fully saturated rings. The second-order valence-electron chi connectivity index (χ2n) is 4.74. The third-order valence-electron chi connectivity index (χ3n) is 3.45. The van der Waals surface area contributed by atoms with Crippen molar-refractivity contribution in [2.75, 3.05) is 17.2 Å². The molecule has 1 aromatic heterocycles. The number of pyridine rings is 1. The van der Waals surface area contributed by atoms with Gasteiger partial charge in [0.15, 0.2) is 0 Å². The van der Waals surface area contributed by atoms with Crippen molar-refractivity contribution in [3.05, 3.63) is 24.0 Å². The van der Waals surface area contributed by atoms with Gasteiger partial charge < -0.3 is 10.6 Å². The summed E-state index contributed by atoms with van der Waals surface area (Å²) in [6.45, 7) is 7.65. The molecular weight excluding hydrogens is 230 g/mol. The Morgan fingerprint density at radius 1 is 1.47 bits per heavy atom. The highest BCUT2D eigenvalue weighted by molar-refractivity contribution is 8.00. The van der Waals surface area contributed by atoms with Gasteiger partial charge in [-0.3, -0.25) is 4.98 Å². The molecule has 3 atom stereocenters. The Morgan fingerprint density at radius 2 is 2.24 bits per heavy atom. The molecule has 0 bridgehead atoms. The minimum atomic E-state index is 0.0114. The molecule has 1 aromatic rings. The Hall–Kier alpha value is -0.740. The Balaban J connectivity index is 2.16. The molecule has 94 valence electrons. The molecule has 2 heterocycles. The van der Waals surface area contributed by atoms with Gasteiger partial charge in [-0.2, -0.15) is 11.8 Å². The Morgan fingerprint density at radius 3 is 2.82 bits per heavy atom. The highest BCUT2D eigenvalue weighted by Crippen LogP contribution is 2.28. The standard InChI is InChI=1S/C13H21N3S/c1-9(14)13-5-4-12(8-15-13)16-6-7-17-11(3)10(16)2/h4-5,8-11H,6-7,14H2,1-3H3/t9-,10?,11?/m1/s1. The van der Waals surface area contributed by atoms with Crippen molar-refractivity contribution in [1.82, 2.24) is 4.98 Å². The van der Waals surface area contributed by atoms with E-state index in [1.165, 1.54) is 11.4 Å². The molecule has 0 radical (unpaired) electrons. The van der Waals surface area contributed by atoms with Gasteiger partial charge in [0.05, 0.1) is 17.6 Å². The van der Waals surface area contributed by atoms with E-state index in [-0.39, 0.29) is 6.04 Å². The zero-order chi connectivity index (χ0) is 12.4. The number of aromatic nitrogens is 1. The Labute approximate surface area is 108 Å². The maximum atomic E-state index is 5.81. The van der Waals surface area contributed by atoms with Crippen molar-refractivity contribution in [2.24, 2.45) is 5.73 Å². The van der Waals surface area contributed by atoms with Gasteiger partial charge in [0.1, 0.15) is 0 Å². The summed E-state index contributed by atoms with van der Waals surface area (Å²) in [7, 11) is 0. The van der Waals surface area contributed by atoms with E-state index in [1.54, 1.807) is 0 Å². The molecule has 0 aromatic carbocycles. The van der Waals surface area contributed by atoms with E-state index in [2.05, 4.69) is 41.6 Å². The average molecular weight is 251 g/mol. The van der Waals surface area contributed by atoms with Crippen LogP contribution in [0.15, 0.2) is 18.3 Å². The Bertz CT molecular complexity index is 363. The van der Waals surface area contributed by atoms with Crippen LogP contribution >= 0.6 is 11.8 Å². The van der Waals surface area contributed by atoms with Gasteiger partial charge in [-0.25, -0.2) is 0 Å².